The van der Waals surface area contributed by atoms with E-state index in [0.717, 1.165) is 16.9 Å². The first-order valence-electron chi connectivity index (χ1n) is 10.2. The van der Waals surface area contributed by atoms with E-state index in [2.05, 4.69) is 25.6 Å². The first-order valence-corrected chi connectivity index (χ1v) is 10.2. The Kier molecular flexibility index (Phi) is 5.67. The number of hydrogen-bond acceptors (Lipinski definition) is 8. The zero-order chi connectivity index (χ0) is 22.9. The molecule has 0 saturated heterocycles. The molecule has 1 aromatic carbocycles. The largest absolute Gasteiger partial charge is 0.495 e. The summed E-state index contributed by atoms with van der Waals surface area (Å²) in [6.07, 6.45) is 3.42. The minimum Gasteiger partial charge on any atom is -0.495 e. The van der Waals surface area contributed by atoms with E-state index in [9.17, 15) is 9.90 Å². The molecule has 1 aliphatic rings. The number of methoxy groups -OCH3 is 1. The number of aliphatic hydroxyl groups excluding tert-OH is 1. The fourth-order valence-electron chi connectivity index (χ4n) is 3.61. The van der Waals surface area contributed by atoms with E-state index in [1.807, 2.05) is 19.1 Å². The van der Waals surface area contributed by atoms with Gasteiger partial charge in [-0.1, -0.05) is 6.92 Å². The number of amides is 1. The maximum atomic E-state index is 12.2. The molecule has 3 N–H and O–H groups in total. The zero-order valence-corrected chi connectivity index (χ0v) is 18.5. The summed E-state index contributed by atoms with van der Waals surface area (Å²) in [5.74, 6) is 1.57. The highest BCUT2D eigenvalue weighted by Crippen LogP contribution is 2.37. The number of rotatable bonds is 6. The van der Waals surface area contributed by atoms with Crippen LogP contribution in [0.5, 0.6) is 5.75 Å². The predicted molar refractivity (Wildman–Crippen MR) is 122 cm³/mol. The molecule has 0 fully saturated rings. The highest BCUT2D eigenvalue weighted by molar-refractivity contribution is 5.95. The number of aromatic nitrogens is 3. The predicted octanol–water partition coefficient (Wildman–Crippen LogP) is 2.67. The summed E-state index contributed by atoms with van der Waals surface area (Å²) in [5.41, 5.74) is 3.28. The summed E-state index contributed by atoms with van der Waals surface area (Å²) in [4.78, 5) is 27.2. The third-order valence-corrected chi connectivity index (χ3v) is 5.59. The Hall–Kier alpha value is -3.72. The lowest BCUT2D eigenvalue weighted by atomic mass is 9.85. The average molecular weight is 435 g/mol. The summed E-state index contributed by atoms with van der Waals surface area (Å²) in [7, 11) is 4.95. The van der Waals surface area contributed by atoms with Gasteiger partial charge in [0.1, 0.15) is 11.6 Å². The molecule has 0 bridgehead atoms. The first-order chi connectivity index (χ1) is 15.3. The van der Waals surface area contributed by atoms with Crippen molar-refractivity contribution in [1.82, 2.24) is 19.9 Å². The van der Waals surface area contributed by atoms with Gasteiger partial charge in [-0.05, 0) is 30.3 Å². The van der Waals surface area contributed by atoms with E-state index < -0.39 is 0 Å². The number of hydrogen-bond donors (Lipinski definition) is 3. The molecule has 0 aliphatic carbocycles. The maximum Gasteiger partial charge on any atom is 0.253 e. The zero-order valence-electron chi connectivity index (χ0n) is 18.5. The van der Waals surface area contributed by atoms with Gasteiger partial charge in [-0.25, -0.2) is 15.0 Å². The van der Waals surface area contributed by atoms with Gasteiger partial charge >= 0.3 is 0 Å². The Morgan fingerprint density at radius 1 is 1.28 bits per heavy atom. The van der Waals surface area contributed by atoms with Crippen molar-refractivity contribution in [3.05, 3.63) is 53.9 Å². The topological polar surface area (TPSA) is 112 Å². The van der Waals surface area contributed by atoms with Gasteiger partial charge < -0.3 is 25.4 Å². The minimum atomic E-state index is -0.383. The van der Waals surface area contributed by atoms with E-state index in [-0.39, 0.29) is 17.9 Å². The molecule has 2 aromatic heterocycles. The molecule has 4 rings (SSSR count). The molecule has 0 radical (unpaired) electrons. The van der Waals surface area contributed by atoms with E-state index in [4.69, 9.17) is 4.74 Å². The third kappa shape index (κ3) is 3.94. The number of aliphatic hydroxyl groups is 1. The van der Waals surface area contributed by atoms with Gasteiger partial charge in [-0.15, -0.1) is 0 Å². The second kappa shape index (κ2) is 8.43. The summed E-state index contributed by atoms with van der Waals surface area (Å²) in [6, 6.07) is 8.99. The van der Waals surface area contributed by atoms with Crippen molar-refractivity contribution in [2.75, 3.05) is 45.0 Å². The van der Waals surface area contributed by atoms with Crippen LogP contribution in [-0.2, 0) is 5.41 Å². The molecule has 9 nitrogen and oxygen atoms in total. The standard InChI is InChI=1S/C23H26N6O3/c1-23(13-30)12-26-20-16(23)9-15(11-25-20)17-7-8-24-22(27-17)28-18-6-5-14(10-19(18)32-4)21(31)29(2)3/h5-11,30H,12-13H2,1-4H3,(H,25,26)(H,24,27,28). The van der Waals surface area contributed by atoms with Crippen LogP contribution < -0.4 is 15.4 Å². The maximum absolute atomic E-state index is 12.2. The van der Waals surface area contributed by atoms with E-state index in [1.54, 1.807) is 51.8 Å². The molecular weight excluding hydrogens is 408 g/mol. The number of nitrogens with one attached hydrogen (secondary N) is 2. The van der Waals surface area contributed by atoms with Crippen LogP contribution >= 0.6 is 0 Å². The van der Waals surface area contributed by atoms with Crippen molar-refractivity contribution in [3.8, 4) is 17.0 Å². The highest BCUT2D eigenvalue weighted by Gasteiger charge is 2.35. The molecule has 166 valence electrons. The van der Waals surface area contributed by atoms with Gasteiger partial charge in [0.05, 0.1) is 25.1 Å². The van der Waals surface area contributed by atoms with Crippen LogP contribution in [0.4, 0.5) is 17.5 Å². The summed E-state index contributed by atoms with van der Waals surface area (Å²) < 4.78 is 5.46. The van der Waals surface area contributed by atoms with Gasteiger partial charge in [0.2, 0.25) is 5.95 Å². The van der Waals surface area contributed by atoms with Crippen LogP contribution in [0.1, 0.15) is 22.8 Å². The van der Waals surface area contributed by atoms with Gasteiger partial charge in [-0.2, -0.15) is 0 Å². The molecule has 9 heteroatoms. The van der Waals surface area contributed by atoms with Crippen LogP contribution in [0.25, 0.3) is 11.3 Å². The van der Waals surface area contributed by atoms with Crippen molar-refractivity contribution in [2.45, 2.75) is 12.3 Å². The van der Waals surface area contributed by atoms with Crippen LogP contribution in [0.3, 0.4) is 0 Å². The Labute approximate surface area is 186 Å². The SMILES string of the molecule is COc1cc(C(=O)N(C)C)ccc1Nc1nccc(-c2cnc3c(c2)C(C)(CO)CN3)n1. The fraction of sp³-hybridized carbons (Fsp3) is 0.304. The number of fused-ring (bicyclic) bond motifs is 1. The van der Waals surface area contributed by atoms with E-state index in [0.29, 0.717) is 35.2 Å². The Bertz CT molecular complexity index is 1170. The summed E-state index contributed by atoms with van der Waals surface area (Å²) in [6.45, 7) is 2.67. The van der Waals surface area contributed by atoms with Crippen molar-refractivity contribution in [3.63, 3.8) is 0 Å². The summed E-state index contributed by atoms with van der Waals surface area (Å²) >= 11 is 0. The number of anilines is 3. The fourth-order valence-corrected chi connectivity index (χ4v) is 3.61. The Morgan fingerprint density at radius 3 is 2.81 bits per heavy atom. The smallest absolute Gasteiger partial charge is 0.253 e. The van der Waals surface area contributed by atoms with Gasteiger partial charge in [0.25, 0.3) is 5.91 Å². The molecule has 0 spiro atoms. The van der Waals surface area contributed by atoms with Crippen molar-refractivity contribution < 1.29 is 14.6 Å². The molecule has 32 heavy (non-hydrogen) atoms. The number of carbonyl (C=O) groups excluding carboxylic acids is 1. The number of ether oxygens (including phenoxy) is 1. The van der Waals surface area contributed by atoms with Crippen molar-refractivity contribution in [2.24, 2.45) is 0 Å². The first kappa shape index (κ1) is 21.5. The van der Waals surface area contributed by atoms with Gasteiger partial charge in [-0.3, -0.25) is 4.79 Å². The molecular formula is C23H26N6O3. The molecule has 1 aliphatic heterocycles. The van der Waals surface area contributed by atoms with E-state index >= 15 is 0 Å². The van der Waals surface area contributed by atoms with Crippen molar-refractivity contribution in [1.29, 1.82) is 0 Å². The van der Waals surface area contributed by atoms with Gasteiger partial charge in [0, 0.05) is 55.1 Å². The number of pyridine rings is 1. The molecule has 1 unspecified atom stereocenters. The van der Waals surface area contributed by atoms with E-state index in [1.165, 1.54) is 4.90 Å². The number of benzene rings is 1. The Morgan fingerprint density at radius 2 is 2.09 bits per heavy atom. The van der Waals surface area contributed by atoms with Crippen molar-refractivity contribution >= 4 is 23.4 Å². The van der Waals surface area contributed by atoms with Crippen LogP contribution in [0, 0.1) is 0 Å². The molecule has 1 atom stereocenters. The molecule has 1 amide bonds. The van der Waals surface area contributed by atoms with Crippen LogP contribution in [-0.4, -0.2) is 65.2 Å². The van der Waals surface area contributed by atoms with Gasteiger partial charge in [0.15, 0.2) is 0 Å². The van der Waals surface area contributed by atoms with Crippen LogP contribution in [0.2, 0.25) is 0 Å². The molecule has 0 saturated carbocycles. The summed E-state index contributed by atoms with van der Waals surface area (Å²) in [5, 5.41) is 16.2. The molecule has 3 aromatic rings. The monoisotopic (exact) mass is 434 g/mol. The lowest BCUT2D eigenvalue weighted by molar-refractivity contribution is 0.0827. The Balaban J connectivity index is 1.63. The minimum absolute atomic E-state index is 0.0286. The number of nitrogens with zero attached hydrogens (tertiary/aromatic N) is 4. The lowest BCUT2D eigenvalue weighted by Crippen LogP contribution is -2.28. The number of carbonyl (C=O) groups is 1. The second-order valence-electron chi connectivity index (χ2n) is 8.20. The average Bonchev–Trinajstić information content (AvgIpc) is 3.15. The second-order valence-corrected chi connectivity index (χ2v) is 8.20. The molecule has 3 heterocycles. The van der Waals surface area contributed by atoms with Crippen LogP contribution in [0.15, 0.2) is 42.7 Å². The quantitative estimate of drug-likeness (QED) is 0.543. The normalized spacial score (nSPS) is 16.8. The lowest BCUT2D eigenvalue weighted by Gasteiger charge is -2.20. The highest BCUT2D eigenvalue weighted by atomic mass is 16.5. The third-order valence-electron chi connectivity index (χ3n) is 5.59.